The van der Waals surface area contributed by atoms with Crippen molar-refractivity contribution in [3.05, 3.63) is 29.6 Å². The molecule has 17 heteroatoms. The molecule has 1 radical (unpaired) electrons. The van der Waals surface area contributed by atoms with Crippen LogP contribution < -0.4 is 0 Å². The van der Waals surface area contributed by atoms with Gasteiger partial charge in [0, 0.05) is 95.4 Å². The summed E-state index contributed by atoms with van der Waals surface area (Å²) >= 11 is 0. The topological polar surface area (TPSA) is 219 Å². The summed E-state index contributed by atoms with van der Waals surface area (Å²) in [4.78, 5) is 63.1. The van der Waals surface area contributed by atoms with Crippen molar-refractivity contribution in [1.82, 2.24) is 29.5 Å². The van der Waals surface area contributed by atoms with Gasteiger partial charge in [0.05, 0.1) is 37.8 Å². The van der Waals surface area contributed by atoms with Crippen LogP contribution in [0.15, 0.2) is 18.2 Å². The molecule has 2 heterocycles. The first-order valence-corrected chi connectivity index (χ1v) is 15.6. The standard InChI is InChI=1S/C30H50N6O10.Mn/c1-32-9-11-35(25(29(43)44)5-7-27(41)33(13-17-37)14-18-38)21-23-3-2-4-24(31-23)22-36(12-10-32)26(30(45)46)6-8-28(42)34(15-19-39)16-20-40;/h2-4,25-26,37-40H,5-22H2,1H3,(H,43,44)(H,45,46);. The van der Waals surface area contributed by atoms with Crippen LogP contribution in [0.1, 0.15) is 37.1 Å². The van der Waals surface area contributed by atoms with E-state index in [4.69, 9.17) is 4.98 Å². The van der Waals surface area contributed by atoms with Gasteiger partial charge in [-0.1, -0.05) is 6.07 Å². The van der Waals surface area contributed by atoms with Gasteiger partial charge in [0.1, 0.15) is 12.1 Å². The minimum Gasteiger partial charge on any atom is -0.480 e. The predicted molar refractivity (Wildman–Crippen MR) is 165 cm³/mol. The molecule has 0 saturated carbocycles. The number of carboxylic acid groups (broad SMARTS) is 2. The third-order valence-corrected chi connectivity index (χ3v) is 8.03. The molecule has 2 atom stereocenters. The van der Waals surface area contributed by atoms with Gasteiger partial charge < -0.3 is 45.3 Å². The number of likely N-dealkylation sites (N-methyl/N-ethyl adjacent to an activating group) is 1. The van der Waals surface area contributed by atoms with E-state index in [2.05, 4.69) is 0 Å². The fourth-order valence-corrected chi connectivity index (χ4v) is 5.49. The van der Waals surface area contributed by atoms with Crippen LogP contribution in [-0.2, 0) is 49.3 Å². The zero-order chi connectivity index (χ0) is 34.1. The zero-order valence-corrected chi connectivity index (χ0v) is 28.2. The van der Waals surface area contributed by atoms with E-state index in [1.54, 1.807) is 28.0 Å². The molecule has 0 saturated heterocycles. The quantitative estimate of drug-likeness (QED) is 0.0886. The molecule has 2 unspecified atom stereocenters. The maximum atomic E-state index is 12.7. The molecule has 1 aliphatic heterocycles. The number of amides is 2. The smallest absolute Gasteiger partial charge is 0.320 e. The molecule has 0 aliphatic carbocycles. The van der Waals surface area contributed by atoms with Crippen molar-refractivity contribution in [3.63, 3.8) is 0 Å². The first kappa shape index (κ1) is 42.3. The minimum absolute atomic E-state index is 0. The number of fused-ring (bicyclic) bond motifs is 2. The molecule has 1 aromatic rings. The summed E-state index contributed by atoms with van der Waals surface area (Å²) in [5.74, 6) is -2.89. The molecule has 1 aliphatic rings. The molecule has 2 rings (SSSR count). The summed E-state index contributed by atoms with van der Waals surface area (Å²) in [5, 5.41) is 57.3. The SMILES string of the molecule is CN1CCN(C(CCC(=O)N(CCO)CCO)C(=O)O)Cc2cccc(n2)CN(C(CCC(=O)N(CCO)CCO)C(=O)O)CC1.[Mn]. The van der Waals surface area contributed by atoms with Gasteiger partial charge in [0.25, 0.3) is 0 Å². The summed E-state index contributed by atoms with van der Waals surface area (Å²) in [6.45, 7) is 0.980. The van der Waals surface area contributed by atoms with Gasteiger partial charge in [-0.25, -0.2) is 0 Å². The number of pyridine rings is 1. The monoisotopic (exact) mass is 709 g/mol. The number of aliphatic hydroxyl groups excluding tert-OH is 4. The van der Waals surface area contributed by atoms with Crippen LogP contribution in [0.25, 0.3) is 0 Å². The molecule has 16 nitrogen and oxygen atoms in total. The Labute approximate surface area is 286 Å². The third-order valence-electron chi connectivity index (χ3n) is 8.03. The minimum atomic E-state index is -1.09. The van der Waals surface area contributed by atoms with E-state index in [0.29, 0.717) is 37.6 Å². The first-order valence-electron chi connectivity index (χ1n) is 15.6. The maximum Gasteiger partial charge on any atom is 0.320 e. The van der Waals surface area contributed by atoms with Gasteiger partial charge in [0.2, 0.25) is 11.8 Å². The number of carbonyl (C=O) groups excluding carboxylic acids is 2. The van der Waals surface area contributed by atoms with E-state index in [-0.39, 0.29) is 120 Å². The normalized spacial score (nSPS) is 16.2. The van der Waals surface area contributed by atoms with E-state index in [9.17, 15) is 49.8 Å². The van der Waals surface area contributed by atoms with E-state index in [1.807, 2.05) is 11.9 Å². The van der Waals surface area contributed by atoms with Crippen LogP contribution in [0.3, 0.4) is 0 Å². The van der Waals surface area contributed by atoms with Crippen molar-refractivity contribution >= 4 is 23.8 Å². The van der Waals surface area contributed by atoms with E-state index < -0.39 is 24.0 Å². The number of hydrogen-bond donors (Lipinski definition) is 6. The van der Waals surface area contributed by atoms with Crippen LogP contribution in [0.2, 0.25) is 0 Å². The molecule has 0 spiro atoms. The van der Waals surface area contributed by atoms with E-state index in [0.717, 1.165) is 0 Å². The van der Waals surface area contributed by atoms with Crippen LogP contribution in [-0.4, -0.2) is 182 Å². The third kappa shape index (κ3) is 14.5. The van der Waals surface area contributed by atoms with Crippen molar-refractivity contribution in [3.8, 4) is 0 Å². The number of carboxylic acids is 2. The number of aromatic nitrogens is 1. The molecule has 0 fully saturated rings. The summed E-state index contributed by atoms with van der Waals surface area (Å²) in [6.07, 6.45) is -0.122. The molecule has 0 aromatic carbocycles. The van der Waals surface area contributed by atoms with Crippen LogP contribution >= 0.6 is 0 Å². The second-order valence-corrected chi connectivity index (χ2v) is 11.3. The van der Waals surface area contributed by atoms with Crippen molar-refractivity contribution in [2.24, 2.45) is 0 Å². The molecule has 1 aromatic heterocycles. The second kappa shape index (κ2) is 22.8. The fourth-order valence-electron chi connectivity index (χ4n) is 5.49. The van der Waals surface area contributed by atoms with Gasteiger partial charge in [-0.3, -0.25) is 34.0 Å². The first-order chi connectivity index (χ1) is 22.0. The largest absolute Gasteiger partial charge is 0.480 e. The Morgan fingerprint density at radius 3 is 1.38 bits per heavy atom. The molecular formula is C30H50MnN6O10. The zero-order valence-electron chi connectivity index (χ0n) is 27.0. The van der Waals surface area contributed by atoms with E-state index >= 15 is 0 Å². The Bertz CT molecular complexity index is 1030. The van der Waals surface area contributed by atoms with Crippen molar-refractivity contribution in [1.29, 1.82) is 0 Å². The van der Waals surface area contributed by atoms with Crippen molar-refractivity contribution < 1.29 is 66.9 Å². The van der Waals surface area contributed by atoms with Gasteiger partial charge in [-0.15, -0.1) is 0 Å². The molecular weight excluding hydrogens is 659 g/mol. The average Bonchev–Trinajstić information content (AvgIpc) is 3.01. The van der Waals surface area contributed by atoms with E-state index in [1.165, 1.54) is 9.80 Å². The van der Waals surface area contributed by atoms with Gasteiger partial charge in [-0.2, -0.15) is 0 Å². The number of carbonyl (C=O) groups is 4. The van der Waals surface area contributed by atoms with Crippen LogP contribution in [0.5, 0.6) is 0 Å². The Hall–Kier alpha value is -2.73. The maximum absolute atomic E-state index is 12.7. The summed E-state index contributed by atoms with van der Waals surface area (Å²) in [7, 11) is 1.85. The number of rotatable bonds is 18. The fraction of sp³-hybridized carbons (Fsp3) is 0.700. The Morgan fingerprint density at radius 2 is 1.06 bits per heavy atom. The number of aliphatic hydroxyl groups is 4. The molecule has 47 heavy (non-hydrogen) atoms. The Balaban J connectivity index is 0.0000110. The summed E-state index contributed by atoms with van der Waals surface area (Å²) < 4.78 is 0. The number of hydrogen-bond acceptors (Lipinski definition) is 12. The Morgan fingerprint density at radius 1 is 0.702 bits per heavy atom. The molecule has 2 bridgehead atoms. The predicted octanol–water partition coefficient (Wildman–Crippen LogP) is -2.28. The second-order valence-electron chi connectivity index (χ2n) is 11.3. The number of aliphatic carboxylic acids is 2. The van der Waals surface area contributed by atoms with Crippen LogP contribution in [0, 0.1) is 0 Å². The summed E-state index contributed by atoms with van der Waals surface area (Å²) in [6, 6.07) is 3.28. The van der Waals surface area contributed by atoms with Crippen molar-refractivity contribution in [2.45, 2.75) is 50.9 Å². The van der Waals surface area contributed by atoms with Gasteiger partial charge >= 0.3 is 11.9 Å². The van der Waals surface area contributed by atoms with Crippen LogP contribution in [0.4, 0.5) is 0 Å². The Kier molecular flexibility index (Phi) is 20.5. The molecule has 2 amide bonds. The number of nitrogens with zero attached hydrogens (tertiary/aromatic N) is 6. The average molecular weight is 710 g/mol. The van der Waals surface area contributed by atoms with Gasteiger partial charge in [0.15, 0.2) is 0 Å². The summed E-state index contributed by atoms with van der Waals surface area (Å²) in [5.41, 5.74) is 1.15. The molecule has 6 N–H and O–H groups in total. The molecule has 267 valence electrons. The van der Waals surface area contributed by atoms with Crippen molar-refractivity contribution in [2.75, 3.05) is 85.8 Å². The van der Waals surface area contributed by atoms with Gasteiger partial charge in [-0.05, 0) is 32.0 Å².